The fraction of sp³-hybridized carbons (Fsp3) is 0.364. The summed E-state index contributed by atoms with van der Waals surface area (Å²) in [6.45, 7) is 4.65. The van der Waals surface area contributed by atoms with Crippen LogP contribution in [0, 0.1) is 0 Å². The summed E-state index contributed by atoms with van der Waals surface area (Å²) in [4.78, 5) is 44.7. The molecule has 3 aromatic rings. The van der Waals surface area contributed by atoms with Crippen LogP contribution in [0.5, 0.6) is 0 Å². The molecule has 4 rings (SSSR count). The van der Waals surface area contributed by atoms with Crippen molar-refractivity contribution in [3.8, 4) is 0 Å². The molecule has 0 saturated heterocycles. The number of nitrogens with one attached hydrogen (secondary N) is 2. The SMILES string of the molecule is CCn1c(=O)[nH]c(=O)c2c(C(=O)NC[C@@H](C)c3ccccc3)cc(C3CC3)nc21. The zero-order valence-electron chi connectivity index (χ0n) is 16.6. The van der Waals surface area contributed by atoms with Gasteiger partial charge in [-0.15, -0.1) is 0 Å². The van der Waals surface area contributed by atoms with Gasteiger partial charge in [0.2, 0.25) is 0 Å². The van der Waals surface area contributed by atoms with E-state index >= 15 is 0 Å². The van der Waals surface area contributed by atoms with Crippen LogP contribution < -0.4 is 16.6 Å². The lowest BCUT2D eigenvalue weighted by atomic mass is 10.0. The Balaban J connectivity index is 1.73. The minimum atomic E-state index is -0.578. The molecular formula is C22H24N4O3. The molecule has 150 valence electrons. The third kappa shape index (κ3) is 3.72. The number of hydrogen-bond acceptors (Lipinski definition) is 4. The zero-order chi connectivity index (χ0) is 20.5. The molecular weight excluding hydrogens is 368 g/mol. The van der Waals surface area contributed by atoms with Crippen molar-refractivity contribution in [2.75, 3.05) is 6.54 Å². The van der Waals surface area contributed by atoms with Crippen LogP contribution in [0.4, 0.5) is 0 Å². The van der Waals surface area contributed by atoms with E-state index in [1.807, 2.05) is 44.2 Å². The summed E-state index contributed by atoms with van der Waals surface area (Å²) in [5.41, 5.74) is 1.38. The fourth-order valence-corrected chi connectivity index (χ4v) is 3.59. The highest BCUT2D eigenvalue weighted by molar-refractivity contribution is 6.05. The number of amides is 1. The van der Waals surface area contributed by atoms with E-state index < -0.39 is 11.2 Å². The molecule has 1 saturated carbocycles. The van der Waals surface area contributed by atoms with Gasteiger partial charge < -0.3 is 5.32 Å². The molecule has 7 nitrogen and oxygen atoms in total. The molecule has 2 heterocycles. The molecule has 29 heavy (non-hydrogen) atoms. The first-order valence-electron chi connectivity index (χ1n) is 10.0. The minimum Gasteiger partial charge on any atom is -0.351 e. The summed E-state index contributed by atoms with van der Waals surface area (Å²) in [6, 6.07) is 11.6. The number of pyridine rings is 1. The maximum absolute atomic E-state index is 13.0. The van der Waals surface area contributed by atoms with Gasteiger partial charge in [0.05, 0.1) is 10.9 Å². The van der Waals surface area contributed by atoms with E-state index in [9.17, 15) is 14.4 Å². The van der Waals surface area contributed by atoms with Gasteiger partial charge >= 0.3 is 5.69 Å². The highest BCUT2D eigenvalue weighted by atomic mass is 16.2. The van der Waals surface area contributed by atoms with E-state index in [-0.39, 0.29) is 34.3 Å². The normalized spacial score (nSPS) is 14.7. The molecule has 0 radical (unpaired) electrons. The molecule has 0 spiro atoms. The lowest BCUT2D eigenvalue weighted by Crippen LogP contribution is -2.34. The van der Waals surface area contributed by atoms with Crippen molar-refractivity contribution in [1.82, 2.24) is 19.9 Å². The van der Waals surface area contributed by atoms with E-state index in [4.69, 9.17) is 0 Å². The predicted molar refractivity (Wildman–Crippen MR) is 111 cm³/mol. The van der Waals surface area contributed by atoms with Gasteiger partial charge in [0.1, 0.15) is 0 Å². The van der Waals surface area contributed by atoms with Crippen LogP contribution in [0.2, 0.25) is 0 Å². The number of carbonyl (C=O) groups is 1. The lowest BCUT2D eigenvalue weighted by Gasteiger charge is -2.15. The number of H-pyrrole nitrogens is 1. The number of fused-ring (bicyclic) bond motifs is 1. The number of aromatic amines is 1. The van der Waals surface area contributed by atoms with Crippen molar-refractivity contribution in [2.45, 2.75) is 45.1 Å². The van der Waals surface area contributed by atoms with Crippen LogP contribution in [-0.2, 0) is 6.54 Å². The molecule has 0 aliphatic heterocycles. The van der Waals surface area contributed by atoms with Gasteiger partial charge in [-0.25, -0.2) is 9.78 Å². The molecule has 1 atom stereocenters. The van der Waals surface area contributed by atoms with E-state index in [2.05, 4.69) is 15.3 Å². The molecule has 1 aliphatic carbocycles. The maximum Gasteiger partial charge on any atom is 0.329 e. The Bertz CT molecular complexity index is 1180. The van der Waals surface area contributed by atoms with Crippen LogP contribution in [0.25, 0.3) is 11.0 Å². The Morgan fingerprint density at radius 3 is 2.66 bits per heavy atom. The summed E-state index contributed by atoms with van der Waals surface area (Å²) in [7, 11) is 0. The summed E-state index contributed by atoms with van der Waals surface area (Å²) in [5.74, 6) is 0.0889. The first-order valence-corrected chi connectivity index (χ1v) is 10.0. The summed E-state index contributed by atoms with van der Waals surface area (Å²) >= 11 is 0. The highest BCUT2D eigenvalue weighted by Crippen LogP contribution is 2.39. The van der Waals surface area contributed by atoms with Crippen molar-refractivity contribution in [1.29, 1.82) is 0 Å². The average Bonchev–Trinajstić information content (AvgIpc) is 3.57. The van der Waals surface area contributed by atoms with Crippen LogP contribution in [0.15, 0.2) is 46.0 Å². The summed E-state index contributed by atoms with van der Waals surface area (Å²) in [5, 5.41) is 3.12. The molecule has 2 N–H and O–H groups in total. The quantitative estimate of drug-likeness (QED) is 0.674. The number of benzene rings is 1. The number of nitrogens with zero attached hydrogens (tertiary/aromatic N) is 2. The Labute approximate surface area is 167 Å². The number of aromatic nitrogens is 3. The first-order chi connectivity index (χ1) is 14.0. The molecule has 1 aromatic carbocycles. The topological polar surface area (TPSA) is 96.9 Å². The highest BCUT2D eigenvalue weighted by Gasteiger charge is 2.28. The van der Waals surface area contributed by atoms with Gasteiger partial charge in [-0.2, -0.15) is 0 Å². The molecule has 2 aromatic heterocycles. The third-order valence-electron chi connectivity index (χ3n) is 5.46. The lowest BCUT2D eigenvalue weighted by molar-refractivity contribution is 0.0953. The third-order valence-corrected chi connectivity index (χ3v) is 5.46. The number of hydrogen-bond donors (Lipinski definition) is 2. The summed E-state index contributed by atoms with van der Waals surface area (Å²) in [6.07, 6.45) is 2.01. The van der Waals surface area contributed by atoms with E-state index in [0.29, 0.717) is 13.1 Å². The Hall–Kier alpha value is -3.22. The van der Waals surface area contributed by atoms with Crippen molar-refractivity contribution < 1.29 is 4.79 Å². The molecule has 0 unspecified atom stereocenters. The largest absolute Gasteiger partial charge is 0.351 e. The summed E-state index contributed by atoms with van der Waals surface area (Å²) < 4.78 is 1.41. The van der Waals surface area contributed by atoms with Crippen molar-refractivity contribution in [3.05, 3.63) is 74.1 Å². The van der Waals surface area contributed by atoms with Gasteiger partial charge in [0.15, 0.2) is 5.65 Å². The van der Waals surface area contributed by atoms with Gasteiger partial charge in [0, 0.05) is 24.7 Å². The molecule has 0 bridgehead atoms. The maximum atomic E-state index is 13.0. The molecule has 7 heteroatoms. The second-order valence-corrected chi connectivity index (χ2v) is 7.59. The smallest absolute Gasteiger partial charge is 0.329 e. The standard InChI is InChI=1S/C22H24N4O3/c1-3-26-19-18(21(28)25-22(26)29)16(11-17(24-19)15-9-10-15)20(27)23-12-13(2)14-7-5-4-6-8-14/h4-8,11,13,15H,3,9-10,12H2,1-2H3,(H,23,27)(H,25,28,29)/t13-/m1/s1. The Morgan fingerprint density at radius 2 is 2.00 bits per heavy atom. The molecule has 1 aliphatic rings. The van der Waals surface area contributed by atoms with Crippen LogP contribution in [0.3, 0.4) is 0 Å². The van der Waals surface area contributed by atoms with Crippen molar-refractivity contribution in [3.63, 3.8) is 0 Å². The minimum absolute atomic E-state index is 0.128. The first kappa shape index (κ1) is 19.1. The van der Waals surface area contributed by atoms with Gasteiger partial charge in [-0.1, -0.05) is 37.3 Å². The Kier molecular flexibility index (Phi) is 5.05. The van der Waals surface area contributed by atoms with Gasteiger partial charge in [-0.3, -0.25) is 19.1 Å². The predicted octanol–water partition coefficient (Wildman–Crippen LogP) is 2.52. The molecule has 1 amide bonds. The van der Waals surface area contributed by atoms with Crippen LogP contribution in [0.1, 0.15) is 60.1 Å². The Morgan fingerprint density at radius 1 is 1.28 bits per heavy atom. The second-order valence-electron chi connectivity index (χ2n) is 7.59. The van der Waals surface area contributed by atoms with Crippen LogP contribution >= 0.6 is 0 Å². The van der Waals surface area contributed by atoms with Crippen molar-refractivity contribution in [2.24, 2.45) is 0 Å². The number of rotatable bonds is 6. The van der Waals surface area contributed by atoms with E-state index in [1.54, 1.807) is 6.07 Å². The van der Waals surface area contributed by atoms with Crippen molar-refractivity contribution >= 4 is 16.9 Å². The number of aryl methyl sites for hydroxylation is 1. The van der Waals surface area contributed by atoms with E-state index in [0.717, 1.165) is 24.1 Å². The van der Waals surface area contributed by atoms with E-state index in [1.165, 1.54) is 4.57 Å². The van der Waals surface area contributed by atoms with Gasteiger partial charge in [-0.05, 0) is 37.3 Å². The van der Waals surface area contributed by atoms with Crippen LogP contribution in [-0.4, -0.2) is 27.0 Å². The second kappa shape index (κ2) is 7.66. The molecule has 1 fully saturated rings. The monoisotopic (exact) mass is 392 g/mol. The fourth-order valence-electron chi connectivity index (χ4n) is 3.59. The average molecular weight is 392 g/mol. The number of carbonyl (C=O) groups excluding carboxylic acids is 1. The zero-order valence-corrected chi connectivity index (χ0v) is 16.6. The van der Waals surface area contributed by atoms with Gasteiger partial charge in [0.25, 0.3) is 11.5 Å².